The normalized spacial score (nSPS) is 14.9. The fourth-order valence-electron chi connectivity index (χ4n) is 3.63. The molecule has 1 aliphatic rings. The van der Waals surface area contributed by atoms with Crippen LogP contribution in [0.25, 0.3) is 5.69 Å². The topological polar surface area (TPSA) is 168 Å². The zero-order valence-corrected chi connectivity index (χ0v) is 19.4. The van der Waals surface area contributed by atoms with Crippen LogP contribution >= 0.6 is 0 Å². The molecule has 13 heteroatoms. The number of hydrogen-bond acceptors (Lipinski definition) is 10. The van der Waals surface area contributed by atoms with Crippen molar-refractivity contribution < 1.29 is 18.7 Å². The van der Waals surface area contributed by atoms with E-state index >= 15 is 0 Å². The molecule has 6 N–H and O–H groups in total. The van der Waals surface area contributed by atoms with Crippen LogP contribution in [0.1, 0.15) is 30.1 Å². The molecule has 1 saturated carbocycles. The second-order valence-electron chi connectivity index (χ2n) is 8.28. The maximum Gasteiger partial charge on any atom is 0.252 e. The predicted octanol–water partition coefficient (Wildman–Crippen LogP) is 1.60. The van der Waals surface area contributed by atoms with Crippen LogP contribution in [0.5, 0.6) is 5.88 Å². The van der Waals surface area contributed by atoms with Crippen molar-refractivity contribution in [2.24, 2.45) is 17.4 Å². The number of halogens is 1. The summed E-state index contributed by atoms with van der Waals surface area (Å²) in [6, 6.07) is 2.35. The minimum absolute atomic E-state index is 0.0202. The van der Waals surface area contributed by atoms with Crippen LogP contribution in [0.15, 0.2) is 30.7 Å². The third-order valence-electron chi connectivity index (χ3n) is 5.50. The number of ether oxygens (including phenoxy) is 2. The molecule has 0 aliphatic heterocycles. The van der Waals surface area contributed by atoms with E-state index < -0.39 is 11.7 Å². The van der Waals surface area contributed by atoms with Gasteiger partial charge >= 0.3 is 0 Å². The lowest BCUT2D eigenvalue weighted by Gasteiger charge is -2.23. The number of pyridine rings is 2. The fraction of sp³-hybridized carbons (Fsp3) is 0.409. The van der Waals surface area contributed by atoms with Crippen LogP contribution in [0.2, 0.25) is 0 Å². The van der Waals surface area contributed by atoms with Crippen LogP contribution in [-0.2, 0) is 4.74 Å². The zero-order valence-electron chi connectivity index (χ0n) is 19.4. The average Bonchev–Trinajstić information content (AvgIpc) is 3.51. The molecule has 0 spiro atoms. The Morgan fingerprint density at radius 1 is 1.26 bits per heavy atom. The summed E-state index contributed by atoms with van der Waals surface area (Å²) in [5.74, 6) is -0.863. The number of nitrogens with two attached hydrogens (primary N) is 2. The van der Waals surface area contributed by atoms with Gasteiger partial charge in [-0.05, 0) is 37.8 Å². The van der Waals surface area contributed by atoms with E-state index in [2.05, 4.69) is 30.8 Å². The Labute approximate surface area is 201 Å². The van der Waals surface area contributed by atoms with E-state index in [0.29, 0.717) is 23.9 Å². The average molecular weight is 486 g/mol. The Bertz CT molecular complexity index is 1170. The van der Waals surface area contributed by atoms with Crippen LogP contribution < -0.4 is 26.8 Å². The Morgan fingerprint density at radius 3 is 2.63 bits per heavy atom. The highest BCUT2D eigenvalue weighted by Gasteiger charge is 2.34. The lowest BCUT2D eigenvalue weighted by atomic mass is 10.1. The molecule has 1 aliphatic carbocycles. The first-order valence-electron chi connectivity index (χ1n) is 11.1. The molecular weight excluding hydrogens is 457 g/mol. The van der Waals surface area contributed by atoms with Crippen LogP contribution in [0, 0.1) is 11.7 Å². The molecule has 1 unspecified atom stereocenters. The summed E-state index contributed by atoms with van der Waals surface area (Å²) in [6.45, 7) is 2.50. The van der Waals surface area contributed by atoms with E-state index in [0.717, 1.165) is 18.9 Å². The Balaban J connectivity index is 1.66. The van der Waals surface area contributed by atoms with E-state index in [4.69, 9.17) is 20.9 Å². The monoisotopic (exact) mass is 485 g/mol. The van der Waals surface area contributed by atoms with Crippen molar-refractivity contribution in [2.75, 3.05) is 31.0 Å². The Kier molecular flexibility index (Phi) is 7.36. The van der Waals surface area contributed by atoms with E-state index in [-0.39, 0.29) is 41.8 Å². The highest BCUT2D eigenvalue weighted by atomic mass is 19.1. The summed E-state index contributed by atoms with van der Waals surface area (Å²) in [5, 5.41) is 14.4. The third kappa shape index (κ3) is 5.81. The number of primary amides is 1. The first-order chi connectivity index (χ1) is 16.9. The molecule has 2 atom stereocenters. The number of nitrogens with one attached hydrogen (secondary N) is 2. The molecule has 4 rings (SSSR count). The highest BCUT2D eigenvalue weighted by Crippen LogP contribution is 2.36. The van der Waals surface area contributed by atoms with Gasteiger partial charge in [-0.1, -0.05) is 0 Å². The van der Waals surface area contributed by atoms with Gasteiger partial charge in [0.2, 0.25) is 5.88 Å². The summed E-state index contributed by atoms with van der Waals surface area (Å²) < 4.78 is 25.5. The second-order valence-corrected chi connectivity index (χ2v) is 8.28. The fourth-order valence-corrected chi connectivity index (χ4v) is 3.63. The van der Waals surface area contributed by atoms with Crippen molar-refractivity contribution in [3.63, 3.8) is 0 Å². The molecule has 12 nitrogen and oxygen atoms in total. The second kappa shape index (κ2) is 10.6. The van der Waals surface area contributed by atoms with Crippen LogP contribution in [0.4, 0.5) is 21.7 Å². The van der Waals surface area contributed by atoms with Crippen LogP contribution in [0.3, 0.4) is 0 Å². The van der Waals surface area contributed by atoms with Gasteiger partial charge in [-0.15, -0.1) is 4.80 Å². The molecule has 0 saturated heterocycles. The van der Waals surface area contributed by atoms with E-state index in [1.54, 1.807) is 13.2 Å². The van der Waals surface area contributed by atoms with Gasteiger partial charge in [-0.2, -0.15) is 10.2 Å². The summed E-state index contributed by atoms with van der Waals surface area (Å²) in [5.41, 5.74) is 12.3. The molecule has 1 fully saturated rings. The number of carbonyl (C=O) groups is 1. The van der Waals surface area contributed by atoms with Gasteiger partial charge in [0.15, 0.2) is 11.6 Å². The molecule has 0 aromatic carbocycles. The first-order valence-corrected chi connectivity index (χ1v) is 11.1. The smallest absolute Gasteiger partial charge is 0.252 e. The first kappa shape index (κ1) is 24.3. The number of methoxy groups -OCH3 is 1. The largest absolute Gasteiger partial charge is 0.474 e. The SMILES string of the molecule is COCCOc1ncc(Nc2nc(NC(C3CC3)[C@H](C)N)c(F)cc2C(N)=O)cc1-n1nccn1. The number of anilines is 3. The molecule has 0 bridgehead atoms. The molecular formula is C22H28FN9O3. The van der Waals surface area contributed by atoms with Crippen molar-refractivity contribution in [1.82, 2.24) is 25.0 Å². The van der Waals surface area contributed by atoms with E-state index in [9.17, 15) is 9.18 Å². The number of carbonyl (C=O) groups excluding carboxylic acids is 1. The summed E-state index contributed by atoms with van der Waals surface area (Å²) in [6.07, 6.45) is 6.53. The van der Waals surface area contributed by atoms with E-state index in [1.807, 2.05) is 6.92 Å². The van der Waals surface area contributed by atoms with Crippen molar-refractivity contribution in [1.29, 1.82) is 0 Å². The zero-order chi connectivity index (χ0) is 24.9. The van der Waals surface area contributed by atoms with Gasteiger partial charge < -0.3 is 31.6 Å². The Morgan fingerprint density at radius 2 is 2.00 bits per heavy atom. The molecule has 35 heavy (non-hydrogen) atoms. The van der Waals surface area contributed by atoms with Gasteiger partial charge in [-0.25, -0.2) is 14.4 Å². The van der Waals surface area contributed by atoms with Crippen molar-refractivity contribution in [3.05, 3.63) is 42.1 Å². The number of nitrogens with zero attached hydrogens (tertiary/aromatic N) is 5. The number of amides is 1. The van der Waals surface area contributed by atoms with Crippen LogP contribution in [-0.4, -0.2) is 63.3 Å². The van der Waals surface area contributed by atoms with Gasteiger partial charge in [0, 0.05) is 19.2 Å². The minimum atomic E-state index is -0.835. The number of hydrogen-bond donors (Lipinski definition) is 4. The van der Waals surface area contributed by atoms with Crippen molar-refractivity contribution in [3.8, 4) is 11.6 Å². The maximum atomic E-state index is 14.8. The number of rotatable bonds is 12. The minimum Gasteiger partial charge on any atom is -0.474 e. The lowest BCUT2D eigenvalue weighted by Crippen LogP contribution is -2.40. The maximum absolute atomic E-state index is 14.8. The van der Waals surface area contributed by atoms with E-state index in [1.165, 1.54) is 23.4 Å². The number of aromatic nitrogens is 5. The van der Waals surface area contributed by atoms with Gasteiger partial charge in [0.25, 0.3) is 5.91 Å². The molecule has 3 aromatic heterocycles. The van der Waals surface area contributed by atoms with Crippen molar-refractivity contribution >= 4 is 23.2 Å². The standard InChI is InChI=1S/C22H28FN9O3/c1-12(24)18(13-3-4-13)30-21-16(23)10-15(19(25)33)20(31-21)29-14-9-17(32-27-5-6-28-32)22(26-11-14)35-8-7-34-2/h5-6,9-13,18H,3-4,7-8,24H2,1-2H3,(H2,25,33)(H2,29,30,31)/t12-,18?/m0/s1. The molecule has 3 aromatic rings. The molecule has 3 heterocycles. The highest BCUT2D eigenvalue weighted by molar-refractivity contribution is 5.98. The molecule has 0 radical (unpaired) electrons. The van der Waals surface area contributed by atoms with Gasteiger partial charge in [0.05, 0.1) is 36.4 Å². The Hall–Kier alpha value is -3.84. The third-order valence-corrected chi connectivity index (χ3v) is 5.50. The molecule has 1 amide bonds. The predicted molar refractivity (Wildman–Crippen MR) is 126 cm³/mol. The van der Waals surface area contributed by atoms with Gasteiger partial charge in [-0.3, -0.25) is 4.79 Å². The summed E-state index contributed by atoms with van der Waals surface area (Å²) in [7, 11) is 1.57. The summed E-state index contributed by atoms with van der Waals surface area (Å²) in [4.78, 5) is 22.0. The molecule has 186 valence electrons. The lowest BCUT2D eigenvalue weighted by molar-refractivity contribution is 0.100. The van der Waals surface area contributed by atoms with Gasteiger partial charge in [0.1, 0.15) is 18.1 Å². The van der Waals surface area contributed by atoms with Crippen molar-refractivity contribution in [2.45, 2.75) is 31.8 Å². The quantitative estimate of drug-likeness (QED) is 0.277. The summed E-state index contributed by atoms with van der Waals surface area (Å²) >= 11 is 0.